The van der Waals surface area contributed by atoms with E-state index < -0.39 is 0 Å². The topological polar surface area (TPSA) is 136 Å². The van der Waals surface area contributed by atoms with Gasteiger partial charge in [0.25, 0.3) is 5.91 Å². The summed E-state index contributed by atoms with van der Waals surface area (Å²) in [6.07, 6.45) is 4.98. The van der Waals surface area contributed by atoms with Gasteiger partial charge in [0.1, 0.15) is 6.26 Å². The Hall–Kier alpha value is -3.61. The number of morpholine rings is 1. The van der Waals surface area contributed by atoms with Gasteiger partial charge in [0.2, 0.25) is 5.89 Å². The SMILES string of the molecule is Cc1cc(-c2nc(C(=O)Nc3cc4sc(N5CCOCC5)nc4nc3N3CCC[C@H](N)C3)co2)ccn1. The van der Waals surface area contributed by atoms with E-state index in [9.17, 15) is 4.79 Å². The molecule has 0 aliphatic carbocycles. The van der Waals surface area contributed by atoms with Gasteiger partial charge in [-0.1, -0.05) is 11.3 Å². The lowest BCUT2D eigenvalue weighted by atomic mass is 10.1. The minimum atomic E-state index is -0.373. The molecule has 2 fully saturated rings. The molecular weight excluding hydrogens is 492 g/mol. The fraction of sp³-hybridized carbons (Fsp3) is 0.400. The predicted molar refractivity (Wildman–Crippen MR) is 142 cm³/mol. The van der Waals surface area contributed by atoms with E-state index in [1.165, 1.54) is 6.26 Å². The number of carbonyl (C=O) groups is 1. The number of aryl methyl sites for hydroxylation is 1. The van der Waals surface area contributed by atoms with E-state index in [0.717, 1.165) is 53.6 Å². The van der Waals surface area contributed by atoms with Crippen LogP contribution < -0.4 is 20.9 Å². The molecule has 3 N–H and O–H groups in total. The van der Waals surface area contributed by atoms with Crippen LogP contribution in [-0.2, 0) is 4.74 Å². The first kappa shape index (κ1) is 23.8. The van der Waals surface area contributed by atoms with Gasteiger partial charge in [-0.05, 0) is 38.0 Å². The quantitative estimate of drug-likeness (QED) is 0.404. The zero-order valence-corrected chi connectivity index (χ0v) is 21.3. The lowest BCUT2D eigenvalue weighted by molar-refractivity contribution is 0.102. The molecule has 192 valence electrons. The highest BCUT2D eigenvalue weighted by atomic mass is 32.1. The van der Waals surface area contributed by atoms with Crippen LogP contribution >= 0.6 is 11.3 Å². The molecule has 37 heavy (non-hydrogen) atoms. The van der Waals surface area contributed by atoms with Crippen LogP contribution in [0.1, 0.15) is 29.0 Å². The van der Waals surface area contributed by atoms with E-state index in [1.54, 1.807) is 23.6 Å². The number of rotatable bonds is 5. The molecule has 0 radical (unpaired) electrons. The monoisotopic (exact) mass is 520 g/mol. The van der Waals surface area contributed by atoms with E-state index in [2.05, 4.69) is 25.1 Å². The first-order chi connectivity index (χ1) is 18.0. The van der Waals surface area contributed by atoms with Gasteiger partial charge in [0.15, 0.2) is 22.3 Å². The number of oxazole rings is 1. The first-order valence-corrected chi connectivity index (χ1v) is 13.2. The molecule has 0 aromatic carbocycles. The molecule has 1 atom stereocenters. The Labute approximate surface area is 217 Å². The van der Waals surface area contributed by atoms with Gasteiger partial charge in [-0.25, -0.2) is 9.97 Å². The van der Waals surface area contributed by atoms with Crippen LogP contribution in [0.5, 0.6) is 0 Å². The highest BCUT2D eigenvalue weighted by Gasteiger charge is 2.25. The number of ether oxygens (including phenoxy) is 1. The van der Waals surface area contributed by atoms with Crippen LogP contribution in [0, 0.1) is 6.92 Å². The summed E-state index contributed by atoms with van der Waals surface area (Å²) in [7, 11) is 0. The number of fused-ring (bicyclic) bond motifs is 1. The van der Waals surface area contributed by atoms with Crippen LogP contribution in [0.25, 0.3) is 21.8 Å². The fourth-order valence-electron chi connectivity index (χ4n) is 4.64. The number of aromatic nitrogens is 4. The van der Waals surface area contributed by atoms with E-state index in [1.807, 2.05) is 19.1 Å². The lowest BCUT2D eigenvalue weighted by Crippen LogP contribution is -2.43. The third-order valence-corrected chi connectivity index (χ3v) is 7.57. The number of hydrogen-bond donors (Lipinski definition) is 2. The fourth-order valence-corrected chi connectivity index (χ4v) is 5.64. The second kappa shape index (κ2) is 10.0. The molecule has 4 aromatic rings. The number of nitrogens with one attached hydrogen (secondary N) is 1. The summed E-state index contributed by atoms with van der Waals surface area (Å²) in [5.41, 5.74) is 9.32. The average molecular weight is 521 g/mol. The van der Waals surface area contributed by atoms with Crippen LogP contribution in [0.3, 0.4) is 0 Å². The molecule has 12 heteroatoms. The molecule has 4 aromatic heterocycles. The molecule has 0 spiro atoms. The van der Waals surface area contributed by atoms with Crippen LogP contribution in [0.4, 0.5) is 16.6 Å². The molecular formula is C25H28N8O3S. The van der Waals surface area contributed by atoms with Crippen molar-refractivity contribution >= 4 is 44.2 Å². The molecule has 11 nitrogen and oxygen atoms in total. The van der Waals surface area contributed by atoms with Crippen molar-refractivity contribution in [1.82, 2.24) is 19.9 Å². The number of nitrogens with zero attached hydrogens (tertiary/aromatic N) is 6. The largest absolute Gasteiger partial charge is 0.444 e. The minimum Gasteiger partial charge on any atom is -0.444 e. The van der Waals surface area contributed by atoms with Crippen molar-refractivity contribution in [2.75, 3.05) is 54.5 Å². The van der Waals surface area contributed by atoms with E-state index in [4.69, 9.17) is 24.9 Å². The van der Waals surface area contributed by atoms with Crippen LogP contribution in [-0.4, -0.2) is 71.3 Å². The summed E-state index contributed by atoms with van der Waals surface area (Å²) >= 11 is 1.56. The Bertz CT molecular complexity index is 1430. The first-order valence-electron chi connectivity index (χ1n) is 12.4. The van der Waals surface area contributed by atoms with Crippen molar-refractivity contribution in [3.05, 3.63) is 42.0 Å². The molecule has 2 aliphatic heterocycles. The summed E-state index contributed by atoms with van der Waals surface area (Å²) in [6, 6.07) is 5.66. The normalized spacial score (nSPS) is 18.4. The van der Waals surface area contributed by atoms with Crippen molar-refractivity contribution in [2.45, 2.75) is 25.8 Å². The van der Waals surface area contributed by atoms with Gasteiger partial charge >= 0.3 is 0 Å². The number of pyridine rings is 2. The van der Waals surface area contributed by atoms with E-state index in [0.29, 0.717) is 42.8 Å². The minimum absolute atomic E-state index is 0.0519. The maximum Gasteiger partial charge on any atom is 0.277 e. The average Bonchev–Trinajstić information content (AvgIpc) is 3.56. The number of carbonyl (C=O) groups excluding carboxylic acids is 1. The third-order valence-electron chi connectivity index (χ3n) is 6.52. The summed E-state index contributed by atoms with van der Waals surface area (Å²) in [4.78, 5) is 35.9. The second-order valence-corrected chi connectivity index (χ2v) is 10.3. The number of anilines is 3. The van der Waals surface area contributed by atoms with Gasteiger partial charge in [-0.3, -0.25) is 9.78 Å². The van der Waals surface area contributed by atoms with Gasteiger partial charge in [-0.2, -0.15) is 4.98 Å². The predicted octanol–water partition coefficient (Wildman–Crippen LogP) is 3.07. The Balaban J connectivity index is 1.32. The molecule has 6 heterocycles. The number of hydrogen-bond acceptors (Lipinski definition) is 11. The number of amides is 1. The number of thiazole rings is 1. The molecule has 0 bridgehead atoms. The Morgan fingerprint density at radius 3 is 2.84 bits per heavy atom. The van der Waals surface area contributed by atoms with Gasteiger partial charge in [0, 0.05) is 49.7 Å². The summed E-state index contributed by atoms with van der Waals surface area (Å²) in [6.45, 7) is 6.32. The van der Waals surface area contributed by atoms with Gasteiger partial charge < -0.3 is 30.0 Å². The maximum atomic E-state index is 13.3. The molecule has 6 rings (SSSR count). The molecule has 1 amide bonds. The summed E-state index contributed by atoms with van der Waals surface area (Å²) < 4.78 is 12.0. The third kappa shape index (κ3) is 4.99. The Morgan fingerprint density at radius 2 is 2.03 bits per heavy atom. The number of piperidine rings is 1. The van der Waals surface area contributed by atoms with E-state index in [-0.39, 0.29) is 17.6 Å². The second-order valence-electron chi connectivity index (χ2n) is 9.30. The van der Waals surface area contributed by atoms with Crippen molar-refractivity contribution in [1.29, 1.82) is 0 Å². The van der Waals surface area contributed by atoms with Crippen molar-refractivity contribution < 1.29 is 13.9 Å². The summed E-state index contributed by atoms with van der Waals surface area (Å²) in [5.74, 6) is 0.662. The van der Waals surface area contributed by atoms with Crippen LogP contribution in [0.15, 0.2) is 35.1 Å². The van der Waals surface area contributed by atoms with Crippen molar-refractivity contribution in [2.24, 2.45) is 5.73 Å². The zero-order valence-electron chi connectivity index (χ0n) is 20.5. The lowest BCUT2D eigenvalue weighted by Gasteiger charge is -2.32. The smallest absolute Gasteiger partial charge is 0.277 e. The van der Waals surface area contributed by atoms with E-state index >= 15 is 0 Å². The highest BCUT2D eigenvalue weighted by molar-refractivity contribution is 7.22. The standard InChI is InChI=1S/C25H28N8O3S/c1-15-11-16(4-5-27-15)24-29-19(14-36-24)23(34)28-18-12-20-21(30-22(18)33-6-2-3-17(26)13-33)31-25(37-20)32-7-9-35-10-8-32/h4-5,11-12,14,17H,2-3,6-10,13,26H2,1H3,(H,28,34)/t17-/m0/s1. The number of nitrogens with two attached hydrogens (primary N) is 1. The highest BCUT2D eigenvalue weighted by Crippen LogP contribution is 2.35. The zero-order chi connectivity index (χ0) is 25.4. The Kier molecular flexibility index (Phi) is 6.45. The van der Waals surface area contributed by atoms with Crippen molar-refractivity contribution in [3.8, 4) is 11.5 Å². The van der Waals surface area contributed by atoms with Crippen LogP contribution in [0.2, 0.25) is 0 Å². The molecule has 0 unspecified atom stereocenters. The van der Waals surface area contributed by atoms with Gasteiger partial charge in [-0.15, -0.1) is 0 Å². The molecule has 2 saturated heterocycles. The van der Waals surface area contributed by atoms with Crippen molar-refractivity contribution in [3.63, 3.8) is 0 Å². The van der Waals surface area contributed by atoms with Gasteiger partial charge in [0.05, 0.1) is 23.6 Å². The summed E-state index contributed by atoms with van der Waals surface area (Å²) in [5, 5.41) is 3.93. The maximum absolute atomic E-state index is 13.3. The molecule has 2 aliphatic rings. The molecule has 0 saturated carbocycles. The Morgan fingerprint density at radius 1 is 1.16 bits per heavy atom.